The molecule has 0 radical (unpaired) electrons. The third-order valence-electron chi connectivity index (χ3n) is 4.24. The number of hydrogen-bond donors (Lipinski definition) is 0. The fourth-order valence-corrected chi connectivity index (χ4v) is 2.74. The molecule has 2 heterocycles. The van der Waals surface area contributed by atoms with E-state index in [4.69, 9.17) is 13.6 Å². The topological polar surface area (TPSA) is 65.5 Å². The van der Waals surface area contributed by atoms with Gasteiger partial charge in [0.15, 0.2) is 6.29 Å². The van der Waals surface area contributed by atoms with Gasteiger partial charge in [-0.05, 0) is 37.3 Å². The molecule has 0 N–H and O–H groups in total. The van der Waals surface area contributed by atoms with E-state index in [0.29, 0.717) is 34.8 Å². The average molecular weight is 359 g/mol. The number of aryl methyl sites for hydroxylation is 1. The number of nitrogens with zero attached hydrogens (tertiary/aromatic N) is 1. The van der Waals surface area contributed by atoms with Crippen molar-refractivity contribution in [2.45, 2.75) is 13.5 Å². The highest BCUT2D eigenvalue weighted by Gasteiger charge is 2.13. The van der Waals surface area contributed by atoms with E-state index in [1.807, 2.05) is 49.4 Å². The monoisotopic (exact) mass is 359 g/mol. The predicted molar refractivity (Wildman–Crippen MR) is 102 cm³/mol. The number of fused-ring (bicyclic) bond motifs is 1. The number of aldehydes is 1. The molecule has 0 amide bonds. The Balaban J connectivity index is 1.52. The van der Waals surface area contributed by atoms with Gasteiger partial charge in [0.2, 0.25) is 5.89 Å². The van der Waals surface area contributed by atoms with Gasteiger partial charge in [-0.1, -0.05) is 24.8 Å². The normalized spacial score (nSPS) is 10.9. The molecule has 0 saturated heterocycles. The highest BCUT2D eigenvalue weighted by Crippen LogP contribution is 2.28. The number of ether oxygens (including phenoxy) is 1. The molecule has 0 atom stereocenters. The van der Waals surface area contributed by atoms with Crippen molar-refractivity contribution in [2.24, 2.45) is 0 Å². The maximum atomic E-state index is 10.8. The first-order valence-electron chi connectivity index (χ1n) is 8.46. The molecule has 0 aliphatic rings. The molecular weight excluding hydrogens is 342 g/mol. The van der Waals surface area contributed by atoms with Crippen LogP contribution in [0.1, 0.15) is 17.2 Å². The Morgan fingerprint density at radius 2 is 1.96 bits per heavy atom. The Bertz CT molecular complexity index is 1120. The van der Waals surface area contributed by atoms with Gasteiger partial charge in [0.25, 0.3) is 0 Å². The van der Waals surface area contributed by atoms with Crippen molar-refractivity contribution in [1.82, 2.24) is 4.98 Å². The zero-order valence-electron chi connectivity index (χ0n) is 14.8. The molecule has 0 bridgehead atoms. The highest BCUT2D eigenvalue weighted by atomic mass is 16.5. The van der Waals surface area contributed by atoms with Crippen LogP contribution >= 0.6 is 0 Å². The lowest BCUT2D eigenvalue weighted by Gasteiger charge is -2.04. The van der Waals surface area contributed by atoms with Crippen molar-refractivity contribution in [3.63, 3.8) is 0 Å². The van der Waals surface area contributed by atoms with Crippen LogP contribution in [-0.2, 0) is 11.4 Å². The molecule has 2 aromatic heterocycles. The molecule has 4 rings (SSSR count). The van der Waals surface area contributed by atoms with E-state index in [-0.39, 0.29) is 6.61 Å². The number of aromatic nitrogens is 1. The molecule has 0 saturated carbocycles. The molecule has 0 aliphatic carbocycles. The minimum Gasteiger partial charge on any atom is -0.487 e. The van der Waals surface area contributed by atoms with Gasteiger partial charge in [-0.15, -0.1) is 0 Å². The van der Waals surface area contributed by atoms with Crippen LogP contribution in [0.4, 0.5) is 0 Å². The number of allylic oxidation sites excluding steroid dienone is 1. The van der Waals surface area contributed by atoms with Gasteiger partial charge < -0.3 is 13.6 Å². The zero-order chi connectivity index (χ0) is 18.8. The first kappa shape index (κ1) is 16.8. The predicted octanol–water partition coefficient (Wildman–Crippen LogP) is 5.19. The smallest absolute Gasteiger partial charge is 0.226 e. The Morgan fingerprint density at radius 3 is 2.74 bits per heavy atom. The van der Waals surface area contributed by atoms with Crippen molar-refractivity contribution in [3.8, 4) is 17.2 Å². The van der Waals surface area contributed by atoms with Crippen LogP contribution in [0.3, 0.4) is 0 Å². The lowest BCUT2D eigenvalue weighted by molar-refractivity contribution is -0.103. The number of carbonyl (C=O) groups excluding carboxylic acids is 1. The van der Waals surface area contributed by atoms with Gasteiger partial charge >= 0.3 is 0 Å². The molecule has 0 fully saturated rings. The largest absolute Gasteiger partial charge is 0.487 e. The Morgan fingerprint density at radius 1 is 1.15 bits per heavy atom. The van der Waals surface area contributed by atoms with Crippen LogP contribution in [-0.4, -0.2) is 11.3 Å². The number of carbonyl (C=O) groups is 1. The van der Waals surface area contributed by atoms with Crippen LogP contribution in [0.5, 0.6) is 5.75 Å². The molecule has 27 heavy (non-hydrogen) atoms. The Hall–Kier alpha value is -3.60. The van der Waals surface area contributed by atoms with Crippen LogP contribution < -0.4 is 4.74 Å². The van der Waals surface area contributed by atoms with Crippen molar-refractivity contribution >= 4 is 22.8 Å². The Labute approximate surface area is 155 Å². The van der Waals surface area contributed by atoms with Gasteiger partial charge in [0.05, 0.1) is 0 Å². The molecule has 5 nitrogen and oxygen atoms in total. The third-order valence-corrected chi connectivity index (χ3v) is 4.24. The zero-order valence-corrected chi connectivity index (χ0v) is 14.8. The van der Waals surface area contributed by atoms with E-state index < -0.39 is 0 Å². The summed E-state index contributed by atoms with van der Waals surface area (Å²) in [5.41, 5.74) is 2.60. The standard InChI is InChI=1S/C22H17NO4/c1-14(12-24)20-10-17-8-9-18(11-21(17)27-20)25-13-19-15(2)26-22(23-19)16-6-4-3-5-7-16/h3-12H,1,13H2,2H3. The van der Waals surface area contributed by atoms with Gasteiger partial charge in [-0.25, -0.2) is 4.98 Å². The van der Waals surface area contributed by atoms with E-state index >= 15 is 0 Å². The van der Waals surface area contributed by atoms with Crippen molar-refractivity contribution in [2.75, 3.05) is 0 Å². The molecule has 0 spiro atoms. The molecule has 134 valence electrons. The minimum absolute atomic E-state index is 0.280. The lowest BCUT2D eigenvalue weighted by Crippen LogP contribution is -1.97. The quantitative estimate of drug-likeness (QED) is 0.350. The molecule has 0 aliphatic heterocycles. The van der Waals surface area contributed by atoms with Crippen LogP contribution in [0, 0.1) is 6.92 Å². The summed E-state index contributed by atoms with van der Waals surface area (Å²) in [5, 5.41) is 0.879. The number of furan rings is 1. The summed E-state index contributed by atoms with van der Waals surface area (Å²) in [5.74, 6) is 2.39. The summed E-state index contributed by atoms with van der Waals surface area (Å²) in [6.45, 7) is 5.81. The summed E-state index contributed by atoms with van der Waals surface area (Å²) in [6, 6.07) is 17.0. The molecule has 0 unspecified atom stereocenters. The number of rotatable bonds is 6. The second-order valence-corrected chi connectivity index (χ2v) is 6.13. The van der Waals surface area contributed by atoms with Crippen molar-refractivity contribution in [1.29, 1.82) is 0 Å². The van der Waals surface area contributed by atoms with E-state index in [9.17, 15) is 4.79 Å². The summed E-state index contributed by atoms with van der Waals surface area (Å²) < 4.78 is 17.3. The minimum atomic E-state index is 0.280. The van der Waals surface area contributed by atoms with Gasteiger partial charge in [-0.3, -0.25) is 4.79 Å². The SMILES string of the molecule is C=C(C=O)c1cc2ccc(OCc3nc(-c4ccccc4)oc3C)cc2o1. The fraction of sp³-hybridized carbons (Fsp3) is 0.0909. The third kappa shape index (κ3) is 3.40. The molecule has 4 aromatic rings. The van der Waals surface area contributed by atoms with Crippen LogP contribution in [0.25, 0.3) is 28.0 Å². The molecule has 5 heteroatoms. The fourth-order valence-electron chi connectivity index (χ4n) is 2.74. The van der Waals surface area contributed by atoms with E-state index in [2.05, 4.69) is 11.6 Å². The maximum absolute atomic E-state index is 10.8. The average Bonchev–Trinajstić information content (AvgIpc) is 3.29. The van der Waals surface area contributed by atoms with Gasteiger partial charge in [0.1, 0.15) is 35.2 Å². The first-order chi connectivity index (χ1) is 13.1. The van der Waals surface area contributed by atoms with Crippen LogP contribution in [0.15, 0.2) is 70.0 Å². The number of hydrogen-bond acceptors (Lipinski definition) is 5. The Kier molecular flexibility index (Phi) is 4.34. The number of benzene rings is 2. The summed E-state index contributed by atoms with van der Waals surface area (Å²) in [7, 11) is 0. The van der Waals surface area contributed by atoms with Crippen molar-refractivity contribution in [3.05, 3.63) is 78.4 Å². The van der Waals surface area contributed by atoms with Gasteiger partial charge in [-0.2, -0.15) is 0 Å². The molecular formula is C22H17NO4. The van der Waals surface area contributed by atoms with Crippen molar-refractivity contribution < 1.29 is 18.4 Å². The summed E-state index contributed by atoms with van der Waals surface area (Å²) >= 11 is 0. The highest BCUT2D eigenvalue weighted by molar-refractivity contribution is 6.05. The molecule has 2 aromatic carbocycles. The maximum Gasteiger partial charge on any atom is 0.226 e. The van der Waals surface area contributed by atoms with E-state index in [1.54, 1.807) is 12.1 Å². The van der Waals surface area contributed by atoms with Crippen LogP contribution in [0.2, 0.25) is 0 Å². The number of oxazole rings is 1. The summed E-state index contributed by atoms with van der Waals surface area (Å²) in [4.78, 5) is 15.4. The lowest BCUT2D eigenvalue weighted by atomic mass is 10.2. The second kappa shape index (κ2) is 6.96. The van der Waals surface area contributed by atoms with Gasteiger partial charge in [0, 0.05) is 22.6 Å². The second-order valence-electron chi connectivity index (χ2n) is 6.13. The first-order valence-corrected chi connectivity index (χ1v) is 8.46. The summed E-state index contributed by atoms with van der Waals surface area (Å²) in [6.07, 6.45) is 0.673. The van der Waals surface area contributed by atoms with E-state index in [0.717, 1.165) is 22.4 Å². The van der Waals surface area contributed by atoms with E-state index in [1.165, 1.54) is 0 Å².